The monoisotopic (exact) mass is 390 g/mol. The van der Waals surface area contributed by atoms with E-state index in [1.165, 1.54) is 0 Å². The van der Waals surface area contributed by atoms with E-state index in [-0.39, 0.29) is 5.97 Å². The molecule has 3 rings (SSSR count). The Labute approximate surface area is 162 Å². The summed E-state index contributed by atoms with van der Waals surface area (Å²) in [4.78, 5) is 11.9. The molecule has 0 spiro atoms. The minimum absolute atomic E-state index is 0.323. The zero-order valence-electron chi connectivity index (χ0n) is 14.4. The molecule has 0 aliphatic heterocycles. The average Bonchev–Trinajstić information content (AvgIpc) is 2.95. The van der Waals surface area contributed by atoms with Crippen LogP contribution in [-0.4, -0.2) is 23.2 Å². The maximum atomic E-state index is 11.9. The average molecular weight is 391 g/mol. The van der Waals surface area contributed by atoms with Crippen molar-refractivity contribution >= 4 is 40.1 Å². The number of hydrogen-bond acceptors (Lipinski definition) is 3. The van der Waals surface area contributed by atoms with Gasteiger partial charge in [-0.05, 0) is 36.2 Å². The van der Waals surface area contributed by atoms with E-state index in [4.69, 9.17) is 33.7 Å². The second-order valence-electron chi connectivity index (χ2n) is 6.10. The minimum Gasteiger partial charge on any atom is -0.465 e. The lowest BCUT2D eigenvalue weighted by molar-refractivity contribution is -0.144. The summed E-state index contributed by atoms with van der Waals surface area (Å²) in [6.07, 6.45) is 2.44. The molecule has 136 valence electrons. The van der Waals surface area contributed by atoms with E-state index in [2.05, 4.69) is 4.57 Å². The number of fused-ring (bicyclic) bond motifs is 1. The second kappa shape index (κ2) is 8.12. The van der Waals surface area contributed by atoms with Crippen LogP contribution in [0.25, 0.3) is 10.9 Å². The molecule has 0 amide bonds. The molecule has 0 bridgehead atoms. The van der Waals surface area contributed by atoms with Gasteiger partial charge in [0.25, 0.3) is 0 Å². The summed E-state index contributed by atoms with van der Waals surface area (Å²) in [5.41, 5.74) is 9.05. The maximum Gasteiger partial charge on any atom is 0.323 e. The van der Waals surface area contributed by atoms with Crippen molar-refractivity contribution in [2.75, 3.05) is 6.61 Å². The normalized spacial score (nSPS) is 12.3. The van der Waals surface area contributed by atoms with Crippen LogP contribution in [-0.2, 0) is 22.5 Å². The number of halogens is 2. The number of benzene rings is 2. The molecule has 3 aromatic rings. The van der Waals surface area contributed by atoms with Crippen molar-refractivity contribution in [3.8, 4) is 0 Å². The second-order valence-corrected chi connectivity index (χ2v) is 6.94. The predicted molar refractivity (Wildman–Crippen MR) is 106 cm³/mol. The van der Waals surface area contributed by atoms with E-state index < -0.39 is 6.04 Å². The van der Waals surface area contributed by atoms with E-state index >= 15 is 0 Å². The summed E-state index contributed by atoms with van der Waals surface area (Å²) in [5, 5.41) is 2.30. The van der Waals surface area contributed by atoms with Gasteiger partial charge >= 0.3 is 5.97 Å². The lowest BCUT2D eigenvalue weighted by atomic mass is 10.1. The van der Waals surface area contributed by atoms with Crippen molar-refractivity contribution in [1.29, 1.82) is 0 Å². The van der Waals surface area contributed by atoms with Crippen LogP contribution < -0.4 is 5.73 Å². The van der Waals surface area contributed by atoms with Gasteiger partial charge < -0.3 is 15.0 Å². The molecule has 1 aromatic heterocycles. The van der Waals surface area contributed by atoms with Crippen LogP contribution in [0, 0.1) is 0 Å². The van der Waals surface area contributed by atoms with Crippen LogP contribution in [0.3, 0.4) is 0 Å². The summed E-state index contributed by atoms with van der Waals surface area (Å²) in [6.45, 7) is 2.70. The molecule has 2 aromatic carbocycles. The molecule has 4 nitrogen and oxygen atoms in total. The van der Waals surface area contributed by atoms with Crippen molar-refractivity contribution in [1.82, 2.24) is 4.57 Å². The van der Waals surface area contributed by atoms with Gasteiger partial charge in [0.05, 0.1) is 6.61 Å². The van der Waals surface area contributed by atoms with E-state index in [1.54, 1.807) is 13.0 Å². The number of hydrogen-bond donors (Lipinski definition) is 1. The Balaban J connectivity index is 1.93. The topological polar surface area (TPSA) is 57.2 Å². The quantitative estimate of drug-likeness (QED) is 0.633. The molecule has 0 aliphatic carbocycles. The Kier molecular flexibility index (Phi) is 5.87. The number of aromatic nitrogens is 1. The van der Waals surface area contributed by atoms with Crippen molar-refractivity contribution in [2.45, 2.75) is 25.9 Å². The van der Waals surface area contributed by atoms with Gasteiger partial charge in [-0.2, -0.15) is 0 Å². The van der Waals surface area contributed by atoms with Gasteiger partial charge in [0.2, 0.25) is 0 Å². The first-order chi connectivity index (χ1) is 12.5. The fourth-order valence-corrected chi connectivity index (χ4v) is 3.49. The molecule has 0 saturated carbocycles. The number of nitrogens with two attached hydrogens (primary N) is 1. The standard InChI is InChI=1S/C20H20Cl2N2O2/c1-2-26-20(25)18(23)9-14-12-24(19-6-4-3-5-16(14)19)11-13-7-8-15(21)10-17(13)22/h3-8,10,12,18H,2,9,11,23H2,1H3. The van der Waals surface area contributed by atoms with Crippen LogP contribution >= 0.6 is 23.2 Å². The van der Waals surface area contributed by atoms with E-state index in [1.807, 2.05) is 42.6 Å². The minimum atomic E-state index is -0.687. The molecule has 6 heteroatoms. The van der Waals surface area contributed by atoms with Crippen LogP contribution in [0.1, 0.15) is 18.1 Å². The van der Waals surface area contributed by atoms with Gasteiger partial charge in [0.15, 0.2) is 0 Å². The first kappa shape index (κ1) is 18.8. The molecule has 0 radical (unpaired) electrons. The van der Waals surface area contributed by atoms with Gasteiger partial charge in [-0.25, -0.2) is 0 Å². The molecule has 1 atom stereocenters. The van der Waals surface area contributed by atoms with Crippen LogP contribution in [0.2, 0.25) is 10.0 Å². The first-order valence-corrected chi connectivity index (χ1v) is 9.18. The lowest BCUT2D eigenvalue weighted by Gasteiger charge is -2.09. The van der Waals surface area contributed by atoms with Crippen molar-refractivity contribution in [3.05, 3.63) is 69.8 Å². The van der Waals surface area contributed by atoms with E-state index in [0.29, 0.717) is 29.6 Å². The van der Waals surface area contributed by atoms with Crippen molar-refractivity contribution < 1.29 is 9.53 Å². The number of rotatable bonds is 6. The first-order valence-electron chi connectivity index (χ1n) is 8.42. The Morgan fingerprint density at radius 1 is 1.19 bits per heavy atom. The molecule has 2 N–H and O–H groups in total. The molecule has 0 aliphatic rings. The van der Waals surface area contributed by atoms with Crippen molar-refractivity contribution in [3.63, 3.8) is 0 Å². The van der Waals surface area contributed by atoms with Gasteiger partial charge in [0.1, 0.15) is 6.04 Å². The molecular formula is C20H20Cl2N2O2. The molecular weight excluding hydrogens is 371 g/mol. The summed E-state index contributed by atoms with van der Waals surface area (Å²) in [6, 6.07) is 12.8. The van der Waals surface area contributed by atoms with Crippen molar-refractivity contribution in [2.24, 2.45) is 5.73 Å². The zero-order chi connectivity index (χ0) is 18.7. The van der Waals surface area contributed by atoms with Gasteiger partial charge in [0, 0.05) is 40.1 Å². The smallest absolute Gasteiger partial charge is 0.323 e. The number of para-hydroxylation sites is 1. The number of nitrogens with zero attached hydrogens (tertiary/aromatic N) is 1. The number of carbonyl (C=O) groups is 1. The van der Waals surface area contributed by atoms with Crippen LogP contribution in [0.5, 0.6) is 0 Å². The highest BCUT2D eigenvalue weighted by Gasteiger charge is 2.18. The highest BCUT2D eigenvalue weighted by Crippen LogP contribution is 2.26. The fraction of sp³-hybridized carbons (Fsp3) is 0.250. The van der Waals surface area contributed by atoms with Crippen LogP contribution in [0.4, 0.5) is 0 Å². The fourth-order valence-electron chi connectivity index (χ4n) is 3.02. The summed E-state index contributed by atoms with van der Waals surface area (Å²) in [5.74, 6) is -0.384. The third-order valence-corrected chi connectivity index (χ3v) is 4.84. The highest BCUT2D eigenvalue weighted by atomic mass is 35.5. The Hall–Kier alpha value is -2.01. The summed E-state index contributed by atoms with van der Waals surface area (Å²) in [7, 11) is 0. The van der Waals surface area contributed by atoms with Crippen LogP contribution in [0.15, 0.2) is 48.7 Å². The molecule has 26 heavy (non-hydrogen) atoms. The predicted octanol–water partition coefficient (Wildman–Crippen LogP) is 4.43. The zero-order valence-corrected chi connectivity index (χ0v) is 15.9. The van der Waals surface area contributed by atoms with E-state index in [0.717, 1.165) is 22.0 Å². The maximum absolute atomic E-state index is 11.9. The molecule has 1 unspecified atom stereocenters. The summed E-state index contributed by atoms with van der Waals surface area (Å²) >= 11 is 12.3. The molecule has 0 fully saturated rings. The van der Waals surface area contributed by atoms with Gasteiger partial charge in [-0.3, -0.25) is 4.79 Å². The third-order valence-electron chi connectivity index (χ3n) is 4.26. The SMILES string of the molecule is CCOC(=O)C(N)Cc1cn(Cc2ccc(Cl)cc2Cl)c2ccccc12. The highest BCUT2D eigenvalue weighted by molar-refractivity contribution is 6.35. The number of carbonyl (C=O) groups excluding carboxylic acids is 1. The van der Waals surface area contributed by atoms with Gasteiger partial charge in [-0.1, -0.05) is 47.5 Å². The number of ether oxygens (including phenoxy) is 1. The summed E-state index contributed by atoms with van der Waals surface area (Å²) < 4.78 is 7.13. The molecule has 1 heterocycles. The Morgan fingerprint density at radius 3 is 2.69 bits per heavy atom. The largest absolute Gasteiger partial charge is 0.465 e. The lowest BCUT2D eigenvalue weighted by Crippen LogP contribution is -2.34. The van der Waals surface area contributed by atoms with E-state index in [9.17, 15) is 4.79 Å². The Bertz CT molecular complexity index is 937. The third kappa shape index (κ3) is 4.04. The Morgan fingerprint density at radius 2 is 1.96 bits per heavy atom. The number of esters is 1. The van der Waals surface area contributed by atoms with Gasteiger partial charge in [-0.15, -0.1) is 0 Å². The molecule has 0 saturated heterocycles.